The molecule has 26 heavy (non-hydrogen) atoms. The van der Waals surface area contributed by atoms with E-state index in [1.54, 1.807) is 0 Å². The average molecular weight is 363 g/mol. The Balaban J connectivity index is 0.00000243. The Bertz CT molecular complexity index is 631. The van der Waals surface area contributed by atoms with E-state index < -0.39 is 5.97 Å². The summed E-state index contributed by atoms with van der Waals surface area (Å²) in [5.41, 5.74) is 0.724. The Hall–Kier alpha value is -1.10. The molecule has 1 aromatic carbocycles. The van der Waals surface area contributed by atoms with Gasteiger partial charge in [0.2, 0.25) is 0 Å². The first-order valence-corrected chi connectivity index (χ1v) is 9.36. The second-order valence-electron chi connectivity index (χ2n) is 7.33. The van der Waals surface area contributed by atoms with Crippen LogP contribution >= 0.6 is 0 Å². The molecule has 0 saturated heterocycles. The molecule has 2 bridgehead atoms. The number of nitrogens with one attached hydrogen (secondary N) is 1. The summed E-state index contributed by atoms with van der Waals surface area (Å²) in [7, 11) is 0. The van der Waals surface area contributed by atoms with E-state index in [-0.39, 0.29) is 47.9 Å². The predicted molar refractivity (Wildman–Crippen MR) is 94.6 cm³/mol. The maximum absolute atomic E-state index is 12.5. The van der Waals surface area contributed by atoms with E-state index in [1.807, 2.05) is 30.3 Å². The van der Waals surface area contributed by atoms with Gasteiger partial charge in [0.05, 0.1) is 0 Å². The van der Waals surface area contributed by atoms with Gasteiger partial charge in [-0.15, -0.1) is 0 Å². The van der Waals surface area contributed by atoms with Gasteiger partial charge in [0.25, 0.3) is 5.91 Å². The fourth-order valence-electron chi connectivity index (χ4n) is 4.53. The van der Waals surface area contributed by atoms with Crippen LogP contribution in [-0.2, 0) is 4.79 Å². The number of carbonyl (C=O) groups is 2. The number of allylic oxidation sites excluding steroid dienone is 2. The zero-order valence-electron chi connectivity index (χ0n) is 15.5. The molecule has 1 N–H and O–H groups in total. The number of hydrogen-bond donors (Lipinski definition) is 1. The van der Waals surface area contributed by atoms with Crippen molar-refractivity contribution in [3.05, 3.63) is 48.0 Å². The average Bonchev–Trinajstić information content (AvgIpc) is 3.21. The van der Waals surface area contributed by atoms with Crippen molar-refractivity contribution in [1.29, 1.82) is 0 Å². The molecule has 4 atom stereocenters. The molecule has 2 aliphatic rings. The zero-order valence-corrected chi connectivity index (χ0v) is 17.5. The van der Waals surface area contributed by atoms with Crippen molar-refractivity contribution in [3.63, 3.8) is 0 Å². The summed E-state index contributed by atoms with van der Waals surface area (Å²) < 4.78 is 0. The number of carbonyl (C=O) groups excluding carboxylic acids is 2. The van der Waals surface area contributed by atoms with Crippen LogP contribution in [0, 0.1) is 17.8 Å². The molecular weight excluding hydrogens is 337 g/mol. The van der Waals surface area contributed by atoms with Crippen LogP contribution in [-0.4, -0.2) is 17.9 Å². The SMILES string of the molecule is O=C([O-])CCC/C=C\C[C@H]1[C@@H]2CCC(C2)[C@@H]1NC(=O)c1ccccc1.[Na+]. The van der Waals surface area contributed by atoms with Crippen molar-refractivity contribution in [2.45, 2.75) is 51.0 Å². The van der Waals surface area contributed by atoms with Crippen molar-refractivity contribution in [2.75, 3.05) is 0 Å². The first-order chi connectivity index (χ1) is 12.1. The Kier molecular flexibility index (Phi) is 8.39. The number of unbranched alkanes of at least 4 members (excludes halogenated alkanes) is 1. The minimum absolute atomic E-state index is 0. The summed E-state index contributed by atoms with van der Waals surface area (Å²) >= 11 is 0. The fraction of sp³-hybridized carbons (Fsp3) is 0.524. The van der Waals surface area contributed by atoms with E-state index in [9.17, 15) is 14.7 Å². The van der Waals surface area contributed by atoms with Gasteiger partial charge >= 0.3 is 29.6 Å². The van der Waals surface area contributed by atoms with E-state index in [1.165, 1.54) is 19.3 Å². The molecule has 134 valence electrons. The normalized spacial score (nSPS) is 26.6. The zero-order chi connectivity index (χ0) is 17.6. The molecule has 0 aromatic heterocycles. The first kappa shape index (κ1) is 21.2. The van der Waals surface area contributed by atoms with E-state index in [4.69, 9.17) is 0 Å². The summed E-state index contributed by atoms with van der Waals surface area (Å²) in [6, 6.07) is 9.68. The molecule has 0 spiro atoms. The van der Waals surface area contributed by atoms with Crippen LogP contribution in [0.2, 0.25) is 0 Å². The van der Waals surface area contributed by atoms with Gasteiger partial charge in [0, 0.05) is 17.6 Å². The van der Waals surface area contributed by atoms with Gasteiger partial charge in [0.1, 0.15) is 0 Å². The molecule has 2 fully saturated rings. The van der Waals surface area contributed by atoms with Crippen molar-refractivity contribution in [2.24, 2.45) is 17.8 Å². The third-order valence-electron chi connectivity index (χ3n) is 5.75. The third kappa shape index (κ3) is 5.45. The standard InChI is InChI=1S/C21H27NO3.Na/c23-19(24)11-7-2-1-6-10-18-16-12-13-17(14-16)20(18)22-21(25)15-8-4-3-5-9-15;/h1,3-6,8-9,16-18,20H,2,7,10-14H2,(H,22,25)(H,23,24);/q;+1/p-1/b6-1-;/t16-,17?,18+,20+;/m1./s1. The minimum Gasteiger partial charge on any atom is -0.550 e. The number of carboxylic acids is 1. The maximum Gasteiger partial charge on any atom is 1.00 e. The molecule has 0 radical (unpaired) electrons. The number of amides is 1. The molecule has 2 saturated carbocycles. The summed E-state index contributed by atoms with van der Waals surface area (Å²) in [6.07, 6.45) is 10.4. The Morgan fingerprint density at radius 3 is 2.58 bits per heavy atom. The third-order valence-corrected chi connectivity index (χ3v) is 5.75. The van der Waals surface area contributed by atoms with Gasteiger partial charge in [-0.05, 0) is 74.8 Å². The van der Waals surface area contributed by atoms with E-state index >= 15 is 0 Å². The minimum atomic E-state index is -0.981. The second-order valence-corrected chi connectivity index (χ2v) is 7.33. The number of rotatable bonds is 8. The van der Waals surface area contributed by atoms with Crippen molar-refractivity contribution >= 4 is 11.9 Å². The Morgan fingerprint density at radius 2 is 1.85 bits per heavy atom. The monoisotopic (exact) mass is 363 g/mol. The quantitative estimate of drug-likeness (QED) is 0.392. The van der Waals surface area contributed by atoms with Crippen LogP contribution in [0.25, 0.3) is 0 Å². The molecule has 1 unspecified atom stereocenters. The molecule has 0 heterocycles. The predicted octanol–water partition coefficient (Wildman–Crippen LogP) is -0.298. The van der Waals surface area contributed by atoms with E-state index in [0.717, 1.165) is 18.4 Å². The maximum atomic E-state index is 12.5. The topological polar surface area (TPSA) is 69.2 Å². The summed E-state index contributed by atoms with van der Waals surface area (Å²) in [5, 5.41) is 13.7. The van der Waals surface area contributed by atoms with Crippen LogP contribution in [0.15, 0.2) is 42.5 Å². The van der Waals surface area contributed by atoms with E-state index in [0.29, 0.717) is 24.2 Å². The molecule has 3 rings (SSSR count). The fourth-order valence-corrected chi connectivity index (χ4v) is 4.53. The number of fused-ring (bicyclic) bond motifs is 2. The first-order valence-electron chi connectivity index (χ1n) is 9.36. The van der Waals surface area contributed by atoms with Crippen LogP contribution in [0.3, 0.4) is 0 Å². The smallest absolute Gasteiger partial charge is 0.550 e. The summed E-state index contributed by atoms with van der Waals surface area (Å²) in [5.74, 6) is 0.864. The van der Waals surface area contributed by atoms with Crippen molar-refractivity contribution < 1.29 is 44.3 Å². The Labute approximate surface area is 177 Å². The van der Waals surface area contributed by atoms with Gasteiger partial charge in [-0.25, -0.2) is 0 Å². The summed E-state index contributed by atoms with van der Waals surface area (Å²) in [4.78, 5) is 22.9. The van der Waals surface area contributed by atoms with Crippen LogP contribution in [0.5, 0.6) is 0 Å². The Morgan fingerprint density at radius 1 is 1.12 bits per heavy atom. The van der Waals surface area contributed by atoms with Gasteiger partial charge in [0.15, 0.2) is 0 Å². The van der Waals surface area contributed by atoms with Crippen LogP contribution < -0.4 is 40.0 Å². The van der Waals surface area contributed by atoms with Crippen molar-refractivity contribution in [1.82, 2.24) is 5.32 Å². The van der Waals surface area contributed by atoms with Crippen LogP contribution in [0.4, 0.5) is 0 Å². The van der Waals surface area contributed by atoms with Gasteiger partial charge in [-0.3, -0.25) is 4.79 Å². The number of benzene rings is 1. The molecular formula is C21H26NNaO3. The molecule has 1 amide bonds. The largest absolute Gasteiger partial charge is 1.00 e. The van der Waals surface area contributed by atoms with Crippen molar-refractivity contribution in [3.8, 4) is 0 Å². The number of aliphatic carboxylic acids is 1. The molecule has 2 aliphatic carbocycles. The molecule has 0 aliphatic heterocycles. The van der Waals surface area contributed by atoms with Crippen LogP contribution in [0.1, 0.15) is 55.3 Å². The number of hydrogen-bond acceptors (Lipinski definition) is 3. The number of carboxylic acid groups (broad SMARTS) is 1. The van der Waals surface area contributed by atoms with Gasteiger partial charge < -0.3 is 15.2 Å². The summed E-state index contributed by atoms with van der Waals surface area (Å²) in [6.45, 7) is 0. The molecule has 1 aromatic rings. The molecule has 5 heteroatoms. The van der Waals surface area contributed by atoms with Gasteiger partial charge in [-0.1, -0.05) is 30.4 Å². The molecule has 4 nitrogen and oxygen atoms in total. The van der Waals surface area contributed by atoms with Gasteiger partial charge in [-0.2, -0.15) is 0 Å². The van der Waals surface area contributed by atoms with E-state index in [2.05, 4.69) is 17.5 Å². The second kappa shape index (κ2) is 10.3.